The van der Waals surface area contributed by atoms with Gasteiger partial charge in [-0.15, -0.1) is 0 Å². The summed E-state index contributed by atoms with van der Waals surface area (Å²) in [6.45, 7) is 0.177. The molecule has 0 radical (unpaired) electrons. The van der Waals surface area contributed by atoms with Gasteiger partial charge in [-0.2, -0.15) is 11.8 Å². The number of amidine groups is 1. The van der Waals surface area contributed by atoms with Crippen molar-refractivity contribution in [3.63, 3.8) is 0 Å². The standard InChI is InChI=1S/C11H15FN2OS/c12-9-3-2-8(7-16-5-1-4-15)10(6-9)11(13)14/h2-3,6,15H,1,4-5,7H2,(H3,13,14). The monoisotopic (exact) mass is 242 g/mol. The first-order valence-electron chi connectivity index (χ1n) is 4.96. The van der Waals surface area contributed by atoms with Gasteiger partial charge in [0.05, 0.1) is 0 Å². The third-order valence-corrected chi connectivity index (χ3v) is 3.16. The summed E-state index contributed by atoms with van der Waals surface area (Å²) in [7, 11) is 0. The molecule has 0 saturated heterocycles. The number of rotatable bonds is 6. The molecule has 5 heteroatoms. The van der Waals surface area contributed by atoms with E-state index in [2.05, 4.69) is 0 Å². The highest BCUT2D eigenvalue weighted by Gasteiger charge is 2.06. The second-order valence-corrected chi connectivity index (χ2v) is 4.45. The third-order valence-electron chi connectivity index (χ3n) is 2.07. The summed E-state index contributed by atoms with van der Waals surface area (Å²) in [5.74, 6) is 1.02. The van der Waals surface area contributed by atoms with Crippen molar-refractivity contribution < 1.29 is 9.50 Å². The molecule has 0 aliphatic heterocycles. The lowest BCUT2D eigenvalue weighted by atomic mass is 10.1. The summed E-state index contributed by atoms with van der Waals surface area (Å²) in [4.78, 5) is 0. The van der Waals surface area contributed by atoms with Crippen LogP contribution in [-0.4, -0.2) is 23.3 Å². The van der Waals surface area contributed by atoms with Gasteiger partial charge in [-0.3, -0.25) is 5.41 Å². The van der Waals surface area contributed by atoms with Crippen molar-refractivity contribution in [3.8, 4) is 0 Å². The predicted octanol–water partition coefficient (Wildman–Crippen LogP) is 1.73. The fourth-order valence-electron chi connectivity index (χ4n) is 1.27. The van der Waals surface area contributed by atoms with Crippen molar-refractivity contribution in [1.29, 1.82) is 5.41 Å². The quantitative estimate of drug-likeness (QED) is 0.404. The number of benzene rings is 1. The average Bonchev–Trinajstić information content (AvgIpc) is 2.26. The van der Waals surface area contributed by atoms with Crippen LogP contribution in [0.4, 0.5) is 4.39 Å². The molecule has 0 atom stereocenters. The third kappa shape index (κ3) is 3.83. The Bertz CT molecular complexity index is 371. The van der Waals surface area contributed by atoms with Gasteiger partial charge in [-0.25, -0.2) is 4.39 Å². The number of hydrogen-bond acceptors (Lipinski definition) is 3. The van der Waals surface area contributed by atoms with Gasteiger partial charge in [0.2, 0.25) is 0 Å². The minimum Gasteiger partial charge on any atom is -0.396 e. The maximum atomic E-state index is 13.0. The van der Waals surface area contributed by atoms with E-state index in [1.54, 1.807) is 17.8 Å². The van der Waals surface area contributed by atoms with Crippen molar-refractivity contribution in [3.05, 3.63) is 35.1 Å². The van der Waals surface area contributed by atoms with Crippen LogP contribution in [0, 0.1) is 11.2 Å². The van der Waals surface area contributed by atoms with Crippen molar-refractivity contribution in [2.75, 3.05) is 12.4 Å². The lowest BCUT2D eigenvalue weighted by Crippen LogP contribution is -2.14. The van der Waals surface area contributed by atoms with E-state index in [0.29, 0.717) is 11.3 Å². The summed E-state index contributed by atoms with van der Waals surface area (Å²) in [6.07, 6.45) is 0.737. The molecule has 0 aromatic heterocycles. The molecule has 0 amide bonds. The first-order valence-corrected chi connectivity index (χ1v) is 6.12. The number of hydrogen-bond donors (Lipinski definition) is 3. The Hall–Kier alpha value is -1.07. The molecule has 88 valence electrons. The Morgan fingerprint density at radius 3 is 2.88 bits per heavy atom. The summed E-state index contributed by atoms with van der Waals surface area (Å²) in [5.41, 5.74) is 6.69. The number of nitrogens with two attached hydrogens (primary N) is 1. The molecular weight excluding hydrogens is 227 g/mol. The zero-order valence-electron chi connectivity index (χ0n) is 8.87. The van der Waals surface area contributed by atoms with Gasteiger partial charge in [0.15, 0.2) is 0 Å². The van der Waals surface area contributed by atoms with E-state index in [4.69, 9.17) is 16.2 Å². The van der Waals surface area contributed by atoms with Gasteiger partial charge in [0.1, 0.15) is 11.7 Å². The van der Waals surface area contributed by atoms with Gasteiger partial charge in [0, 0.05) is 17.9 Å². The number of nitrogens with one attached hydrogen (secondary N) is 1. The molecule has 0 spiro atoms. The Kier molecular flexibility index (Phi) is 5.28. The Morgan fingerprint density at radius 1 is 1.50 bits per heavy atom. The number of nitrogen functional groups attached to an aromatic ring is 1. The fourth-order valence-corrected chi connectivity index (χ4v) is 2.22. The molecule has 0 bridgehead atoms. The van der Waals surface area contributed by atoms with Crippen LogP contribution in [0.15, 0.2) is 18.2 Å². The molecular formula is C11H15FN2OS. The van der Waals surface area contributed by atoms with Gasteiger partial charge in [-0.05, 0) is 29.9 Å². The van der Waals surface area contributed by atoms with E-state index >= 15 is 0 Å². The van der Waals surface area contributed by atoms with Crippen molar-refractivity contribution in [2.45, 2.75) is 12.2 Å². The summed E-state index contributed by atoms with van der Waals surface area (Å²) >= 11 is 1.63. The zero-order valence-corrected chi connectivity index (χ0v) is 9.69. The van der Waals surface area contributed by atoms with Crippen LogP contribution in [0.1, 0.15) is 17.5 Å². The van der Waals surface area contributed by atoms with Crippen LogP contribution in [0.2, 0.25) is 0 Å². The molecule has 1 aromatic rings. The Labute approximate surface area is 98.4 Å². The second-order valence-electron chi connectivity index (χ2n) is 3.34. The molecule has 0 saturated carbocycles. The highest BCUT2D eigenvalue weighted by Crippen LogP contribution is 2.18. The molecule has 0 aliphatic rings. The van der Waals surface area contributed by atoms with E-state index in [1.807, 2.05) is 0 Å². The molecule has 4 N–H and O–H groups in total. The van der Waals surface area contributed by atoms with Gasteiger partial charge in [0.25, 0.3) is 0 Å². The van der Waals surface area contributed by atoms with Crippen LogP contribution < -0.4 is 5.73 Å². The highest BCUT2D eigenvalue weighted by molar-refractivity contribution is 7.98. The van der Waals surface area contributed by atoms with Crippen LogP contribution >= 0.6 is 11.8 Å². The SMILES string of the molecule is N=C(N)c1cc(F)ccc1CSCCCO. The molecule has 0 heterocycles. The highest BCUT2D eigenvalue weighted by atomic mass is 32.2. The van der Waals surface area contributed by atoms with Crippen molar-refractivity contribution in [2.24, 2.45) is 5.73 Å². The first kappa shape index (κ1) is 13.0. The summed E-state index contributed by atoms with van der Waals surface area (Å²) < 4.78 is 13.0. The van der Waals surface area contributed by atoms with Gasteiger partial charge < -0.3 is 10.8 Å². The molecule has 1 aromatic carbocycles. The van der Waals surface area contributed by atoms with Crippen LogP contribution in [0.25, 0.3) is 0 Å². The lowest BCUT2D eigenvalue weighted by molar-refractivity contribution is 0.296. The predicted molar refractivity (Wildman–Crippen MR) is 65.3 cm³/mol. The van der Waals surface area contributed by atoms with Gasteiger partial charge in [-0.1, -0.05) is 6.07 Å². The second kappa shape index (κ2) is 6.50. The maximum Gasteiger partial charge on any atom is 0.123 e. The van der Waals surface area contributed by atoms with E-state index in [0.717, 1.165) is 17.7 Å². The summed E-state index contributed by atoms with van der Waals surface area (Å²) in [5, 5.41) is 16.0. The van der Waals surface area contributed by atoms with E-state index in [9.17, 15) is 4.39 Å². The number of thioether (sulfide) groups is 1. The number of halogens is 1. The molecule has 0 fully saturated rings. The minimum absolute atomic E-state index is 0.114. The zero-order chi connectivity index (χ0) is 12.0. The van der Waals surface area contributed by atoms with Crippen molar-refractivity contribution in [1.82, 2.24) is 0 Å². The number of aliphatic hydroxyl groups is 1. The maximum absolute atomic E-state index is 13.0. The molecule has 0 aliphatic carbocycles. The van der Waals surface area contributed by atoms with Gasteiger partial charge >= 0.3 is 0 Å². The Morgan fingerprint density at radius 2 is 2.25 bits per heavy atom. The largest absolute Gasteiger partial charge is 0.396 e. The van der Waals surface area contributed by atoms with Crippen LogP contribution in [0.3, 0.4) is 0 Å². The first-order chi connectivity index (χ1) is 7.65. The Balaban J connectivity index is 2.67. The molecule has 3 nitrogen and oxygen atoms in total. The van der Waals surface area contributed by atoms with Crippen molar-refractivity contribution >= 4 is 17.6 Å². The topological polar surface area (TPSA) is 70.1 Å². The lowest BCUT2D eigenvalue weighted by Gasteiger charge is -2.07. The van der Waals surface area contributed by atoms with E-state index in [1.165, 1.54) is 12.1 Å². The molecule has 16 heavy (non-hydrogen) atoms. The smallest absolute Gasteiger partial charge is 0.123 e. The van der Waals surface area contributed by atoms with Crippen LogP contribution in [-0.2, 0) is 5.75 Å². The summed E-state index contributed by atoms with van der Waals surface area (Å²) in [6, 6.07) is 4.30. The normalized spacial score (nSPS) is 10.4. The number of aliphatic hydroxyl groups excluding tert-OH is 1. The minimum atomic E-state index is -0.380. The molecule has 1 rings (SSSR count). The average molecular weight is 242 g/mol. The molecule has 0 unspecified atom stereocenters. The van der Waals surface area contributed by atoms with Crippen LogP contribution in [0.5, 0.6) is 0 Å². The van der Waals surface area contributed by atoms with E-state index in [-0.39, 0.29) is 18.3 Å². The van der Waals surface area contributed by atoms with E-state index < -0.39 is 0 Å². The fraction of sp³-hybridized carbons (Fsp3) is 0.364.